The normalized spacial score (nSPS) is 11.5. The van der Waals surface area contributed by atoms with Crippen molar-refractivity contribution in [2.24, 2.45) is 0 Å². The topological polar surface area (TPSA) is 0 Å². The highest BCUT2D eigenvalue weighted by atomic mass is 14.3. The molecule has 1 radical (unpaired) electrons. The van der Waals surface area contributed by atoms with Crippen LogP contribution in [0.3, 0.4) is 0 Å². The Hall–Kier alpha value is -1.56. The lowest BCUT2D eigenvalue weighted by Gasteiger charge is -2.28. The molecule has 0 nitrogen and oxygen atoms in total. The first-order chi connectivity index (χ1) is 8.03. The van der Waals surface area contributed by atoms with E-state index < -0.39 is 0 Å². The van der Waals surface area contributed by atoms with Crippen LogP contribution in [-0.2, 0) is 5.41 Å². The third kappa shape index (κ3) is 2.12. The van der Waals surface area contributed by atoms with Gasteiger partial charge in [0.2, 0.25) is 0 Å². The van der Waals surface area contributed by atoms with Crippen molar-refractivity contribution in [2.75, 3.05) is 0 Å². The van der Waals surface area contributed by atoms with E-state index in [0.717, 1.165) is 0 Å². The molecule has 0 heteroatoms. The average molecular weight is 223 g/mol. The molecule has 0 aliphatic rings. The lowest BCUT2D eigenvalue weighted by Crippen LogP contribution is -2.20. The molecule has 0 unspecified atom stereocenters. The first-order valence-corrected chi connectivity index (χ1v) is 6.07. The minimum Gasteiger partial charge on any atom is -0.0619 e. The van der Waals surface area contributed by atoms with Gasteiger partial charge >= 0.3 is 0 Å². The zero-order valence-corrected chi connectivity index (χ0v) is 11.0. The fraction of sp³-hybridized carbons (Fsp3) is 0.294. The van der Waals surface area contributed by atoms with Gasteiger partial charge in [0.15, 0.2) is 0 Å². The van der Waals surface area contributed by atoms with Crippen LogP contribution in [0.1, 0.15) is 36.1 Å². The molecule has 0 amide bonds. The third-order valence-electron chi connectivity index (χ3n) is 3.66. The second kappa shape index (κ2) is 4.37. The van der Waals surface area contributed by atoms with Crippen molar-refractivity contribution in [1.82, 2.24) is 0 Å². The monoisotopic (exact) mass is 223 g/mol. The minimum absolute atomic E-state index is 0.0113. The van der Waals surface area contributed by atoms with Gasteiger partial charge in [-0.25, -0.2) is 0 Å². The van der Waals surface area contributed by atoms with Crippen molar-refractivity contribution < 1.29 is 0 Å². The van der Waals surface area contributed by atoms with E-state index in [9.17, 15) is 0 Å². The fourth-order valence-corrected chi connectivity index (χ4v) is 2.36. The molecule has 87 valence electrons. The average Bonchev–Trinajstić information content (AvgIpc) is 2.33. The van der Waals surface area contributed by atoms with Crippen molar-refractivity contribution in [3.05, 3.63) is 70.8 Å². The summed E-state index contributed by atoms with van der Waals surface area (Å²) < 4.78 is 0. The molecule has 0 bridgehead atoms. The lowest BCUT2D eigenvalue weighted by atomic mass is 9.75. The zero-order chi connectivity index (χ0) is 12.5. The largest absolute Gasteiger partial charge is 0.0619 e. The maximum atomic E-state index is 3.35. The highest BCUT2D eigenvalue weighted by Crippen LogP contribution is 2.33. The minimum atomic E-state index is 0.0113. The highest BCUT2D eigenvalue weighted by molar-refractivity contribution is 5.44. The van der Waals surface area contributed by atoms with Crippen LogP contribution in [0.2, 0.25) is 0 Å². The van der Waals surface area contributed by atoms with Crippen LogP contribution in [0.25, 0.3) is 0 Å². The van der Waals surface area contributed by atoms with Crippen LogP contribution in [0.5, 0.6) is 0 Å². The molecule has 0 saturated carbocycles. The molecule has 0 aliphatic heterocycles. The smallest absolute Gasteiger partial charge is 0.0155 e. The Balaban J connectivity index is 2.56. The highest BCUT2D eigenvalue weighted by Gasteiger charge is 2.24. The van der Waals surface area contributed by atoms with Crippen molar-refractivity contribution in [3.8, 4) is 0 Å². The fourth-order valence-electron chi connectivity index (χ4n) is 2.36. The van der Waals surface area contributed by atoms with Crippen LogP contribution in [0, 0.1) is 19.9 Å². The summed E-state index contributed by atoms with van der Waals surface area (Å²) in [6.45, 7) is 8.90. The Morgan fingerprint density at radius 2 is 1.71 bits per heavy atom. The van der Waals surface area contributed by atoms with Gasteiger partial charge in [-0.15, -0.1) is 0 Å². The van der Waals surface area contributed by atoms with Crippen molar-refractivity contribution in [2.45, 2.75) is 33.1 Å². The van der Waals surface area contributed by atoms with E-state index in [2.05, 4.69) is 64.1 Å². The van der Waals surface area contributed by atoms with E-state index >= 15 is 0 Å². The van der Waals surface area contributed by atoms with E-state index in [1.807, 2.05) is 12.1 Å². The van der Waals surface area contributed by atoms with E-state index in [0.29, 0.717) is 0 Å². The van der Waals surface area contributed by atoms with Gasteiger partial charge in [-0.2, -0.15) is 0 Å². The van der Waals surface area contributed by atoms with Crippen molar-refractivity contribution >= 4 is 0 Å². The summed E-state index contributed by atoms with van der Waals surface area (Å²) in [5.41, 5.74) is 5.38. The molecule has 2 aromatic rings. The number of rotatable bonds is 2. The van der Waals surface area contributed by atoms with Gasteiger partial charge < -0.3 is 0 Å². The van der Waals surface area contributed by atoms with Crippen LogP contribution in [0.4, 0.5) is 0 Å². The van der Waals surface area contributed by atoms with E-state index in [4.69, 9.17) is 0 Å². The summed E-state index contributed by atoms with van der Waals surface area (Å²) in [6, 6.07) is 18.1. The van der Waals surface area contributed by atoms with Gasteiger partial charge in [-0.3, -0.25) is 0 Å². The first-order valence-electron chi connectivity index (χ1n) is 6.07. The predicted octanol–water partition coefficient (Wildman–Crippen LogP) is 4.43. The Morgan fingerprint density at radius 1 is 0.941 bits per heavy atom. The Kier molecular flexibility index (Phi) is 3.06. The maximum absolute atomic E-state index is 3.35. The summed E-state index contributed by atoms with van der Waals surface area (Å²) in [7, 11) is 0. The quantitative estimate of drug-likeness (QED) is 0.706. The van der Waals surface area contributed by atoms with Gasteiger partial charge in [0.1, 0.15) is 0 Å². The molecule has 0 heterocycles. The summed E-state index contributed by atoms with van der Waals surface area (Å²) in [6.07, 6.45) is 0. The third-order valence-corrected chi connectivity index (χ3v) is 3.66. The van der Waals surface area contributed by atoms with Crippen molar-refractivity contribution in [3.63, 3.8) is 0 Å². The summed E-state index contributed by atoms with van der Waals surface area (Å²) >= 11 is 0. The Labute approximate surface area is 104 Å². The van der Waals surface area contributed by atoms with Gasteiger partial charge in [0, 0.05) is 5.41 Å². The number of aryl methyl sites for hydroxylation is 1. The molecule has 0 N–H and O–H groups in total. The number of benzene rings is 2. The van der Waals surface area contributed by atoms with Crippen LogP contribution >= 0.6 is 0 Å². The molecule has 17 heavy (non-hydrogen) atoms. The molecule has 0 fully saturated rings. The van der Waals surface area contributed by atoms with Crippen LogP contribution in [0.15, 0.2) is 42.5 Å². The van der Waals surface area contributed by atoms with E-state index in [-0.39, 0.29) is 5.41 Å². The molecule has 0 aliphatic carbocycles. The second-order valence-corrected chi connectivity index (χ2v) is 5.15. The number of hydrogen-bond acceptors (Lipinski definition) is 0. The van der Waals surface area contributed by atoms with E-state index in [1.165, 1.54) is 22.3 Å². The summed E-state index contributed by atoms with van der Waals surface area (Å²) in [5.74, 6) is 0. The SMILES string of the molecule is Cc1cccc(C(C)(C)c2[c]cccc2)c1C. The molecular weight excluding hydrogens is 204 g/mol. The Bertz CT molecular complexity index is 507. The van der Waals surface area contributed by atoms with Crippen molar-refractivity contribution in [1.29, 1.82) is 0 Å². The molecule has 0 saturated heterocycles. The zero-order valence-electron chi connectivity index (χ0n) is 11.0. The summed E-state index contributed by atoms with van der Waals surface area (Å²) in [5, 5.41) is 0. The molecule has 0 aromatic heterocycles. The lowest BCUT2D eigenvalue weighted by molar-refractivity contribution is 0.634. The van der Waals surface area contributed by atoms with Gasteiger partial charge in [0.25, 0.3) is 0 Å². The van der Waals surface area contributed by atoms with Gasteiger partial charge in [-0.1, -0.05) is 56.3 Å². The van der Waals surface area contributed by atoms with Gasteiger partial charge in [0.05, 0.1) is 0 Å². The van der Waals surface area contributed by atoms with Gasteiger partial charge in [-0.05, 0) is 42.2 Å². The standard InChI is InChI=1S/C17H19/c1-13-9-8-12-16(14(13)2)17(3,4)15-10-6-5-7-11-15/h5-10,12H,1-4H3. The summed E-state index contributed by atoms with van der Waals surface area (Å²) in [4.78, 5) is 0. The molecule has 2 aromatic carbocycles. The number of hydrogen-bond donors (Lipinski definition) is 0. The first kappa shape index (κ1) is 11.9. The van der Waals surface area contributed by atoms with Crippen LogP contribution < -0.4 is 0 Å². The predicted molar refractivity (Wildman–Crippen MR) is 73.3 cm³/mol. The van der Waals surface area contributed by atoms with E-state index in [1.54, 1.807) is 0 Å². The molecule has 2 rings (SSSR count). The molecular formula is C17H19. The van der Waals surface area contributed by atoms with Crippen LogP contribution in [-0.4, -0.2) is 0 Å². The molecule has 0 atom stereocenters. The maximum Gasteiger partial charge on any atom is 0.0155 e. The second-order valence-electron chi connectivity index (χ2n) is 5.15. The molecule has 0 spiro atoms. The Morgan fingerprint density at radius 3 is 2.35 bits per heavy atom.